The molecule has 0 aliphatic heterocycles. The third-order valence-electron chi connectivity index (χ3n) is 6.43. The van der Waals surface area contributed by atoms with Crippen LogP contribution in [0.4, 0.5) is 0 Å². The molecule has 3 heteroatoms. The summed E-state index contributed by atoms with van der Waals surface area (Å²) in [5.41, 5.74) is 2.97. The molecule has 1 atom stereocenters. The Balaban J connectivity index is 1.66. The average molecular weight is 467 g/mol. The third kappa shape index (κ3) is 11.3. The summed E-state index contributed by atoms with van der Waals surface area (Å²) >= 11 is 0. The summed E-state index contributed by atoms with van der Waals surface area (Å²) in [6, 6.07) is 15.5. The number of aryl methyl sites for hydroxylation is 1. The van der Waals surface area contributed by atoms with Crippen LogP contribution in [0.2, 0.25) is 0 Å². The van der Waals surface area contributed by atoms with Crippen molar-refractivity contribution in [2.24, 2.45) is 0 Å². The molecule has 1 unspecified atom stereocenters. The second kappa shape index (κ2) is 17.3. The summed E-state index contributed by atoms with van der Waals surface area (Å²) in [6.45, 7) is 7.24. The van der Waals surface area contributed by atoms with Crippen molar-refractivity contribution in [2.75, 3.05) is 6.61 Å². The minimum absolute atomic E-state index is 0.0411. The summed E-state index contributed by atoms with van der Waals surface area (Å²) in [4.78, 5) is 12.5. The highest BCUT2D eigenvalue weighted by atomic mass is 16.5. The first kappa shape index (κ1) is 28.1. The van der Waals surface area contributed by atoms with Crippen LogP contribution in [-0.4, -0.2) is 12.6 Å². The number of carbonyl (C=O) groups is 1. The Morgan fingerprint density at radius 3 is 1.85 bits per heavy atom. The topological polar surface area (TPSA) is 35.5 Å². The molecule has 0 amide bonds. The average Bonchev–Trinajstić information content (AvgIpc) is 2.86. The molecule has 0 bridgehead atoms. The molecule has 0 heterocycles. The molecule has 0 saturated carbocycles. The lowest BCUT2D eigenvalue weighted by Gasteiger charge is -2.13. The molecule has 2 aromatic carbocycles. The van der Waals surface area contributed by atoms with Gasteiger partial charge in [0.15, 0.2) is 0 Å². The van der Waals surface area contributed by atoms with E-state index in [0.29, 0.717) is 11.3 Å². The molecule has 0 aliphatic carbocycles. The summed E-state index contributed by atoms with van der Waals surface area (Å²) in [6.07, 6.45) is 16.8. The zero-order valence-electron chi connectivity index (χ0n) is 21.8. The normalized spacial score (nSPS) is 12.0. The van der Waals surface area contributed by atoms with Gasteiger partial charge in [-0.05, 0) is 61.6 Å². The quantitative estimate of drug-likeness (QED) is 0.125. The Morgan fingerprint density at radius 2 is 1.26 bits per heavy atom. The fourth-order valence-electron chi connectivity index (χ4n) is 4.10. The first-order chi connectivity index (χ1) is 16.6. The predicted molar refractivity (Wildman–Crippen MR) is 143 cm³/mol. The highest BCUT2D eigenvalue weighted by Crippen LogP contribution is 2.21. The number of hydrogen-bond acceptors (Lipinski definition) is 3. The Morgan fingerprint density at radius 1 is 0.706 bits per heavy atom. The van der Waals surface area contributed by atoms with E-state index >= 15 is 0 Å². The van der Waals surface area contributed by atoms with Crippen molar-refractivity contribution in [3.8, 4) is 5.75 Å². The van der Waals surface area contributed by atoms with E-state index in [1.807, 2.05) is 43.3 Å². The van der Waals surface area contributed by atoms with Gasteiger partial charge in [-0.1, -0.05) is 102 Å². The molecule has 188 valence electrons. The standard InChI is InChI=1S/C31H46O3/c1-4-6-8-9-10-11-12-13-14-15-16-27-17-19-29(20-18-27)31(32)34-30-23-21-28(22-24-30)26(3)33-25-7-5-2/h17-24,26H,4-16,25H2,1-3H3. The number of rotatable bonds is 18. The number of ether oxygens (including phenoxy) is 2. The van der Waals surface area contributed by atoms with Gasteiger partial charge in [-0.3, -0.25) is 0 Å². The Bertz CT molecular complexity index is 779. The minimum Gasteiger partial charge on any atom is -0.423 e. The number of carbonyl (C=O) groups excluding carboxylic acids is 1. The van der Waals surface area contributed by atoms with E-state index in [0.717, 1.165) is 31.4 Å². The van der Waals surface area contributed by atoms with Crippen LogP contribution < -0.4 is 4.74 Å². The lowest BCUT2D eigenvalue weighted by molar-refractivity contribution is 0.0636. The lowest BCUT2D eigenvalue weighted by Crippen LogP contribution is -2.08. The van der Waals surface area contributed by atoms with Crippen LogP contribution in [0.25, 0.3) is 0 Å². The molecule has 2 rings (SSSR count). The van der Waals surface area contributed by atoms with Crippen molar-refractivity contribution in [1.29, 1.82) is 0 Å². The highest BCUT2D eigenvalue weighted by Gasteiger charge is 2.10. The van der Waals surface area contributed by atoms with Crippen molar-refractivity contribution in [1.82, 2.24) is 0 Å². The molecule has 34 heavy (non-hydrogen) atoms. The maximum Gasteiger partial charge on any atom is 0.343 e. The number of esters is 1. The summed E-state index contributed by atoms with van der Waals surface area (Å²) < 4.78 is 11.4. The Labute approximate surface area is 208 Å². The van der Waals surface area contributed by atoms with Crippen molar-refractivity contribution >= 4 is 5.97 Å². The molecule has 0 fully saturated rings. The SMILES string of the molecule is CCCCCCCCCCCCc1ccc(C(=O)Oc2ccc(C(C)OCCCC)cc2)cc1. The van der Waals surface area contributed by atoms with Gasteiger partial charge in [0.1, 0.15) is 5.75 Å². The van der Waals surface area contributed by atoms with Gasteiger partial charge in [0, 0.05) is 6.61 Å². The zero-order chi connectivity index (χ0) is 24.4. The largest absolute Gasteiger partial charge is 0.423 e. The first-order valence-corrected chi connectivity index (χ1v) is 13.7. The summed E-state index contributed by atoms with van der Waals surface area (Å²) in [7, 11) is 0. The fourth-order valence-corrected chi connectivity index (χ4v) is 4.10. The molecule has 0 radical (unpaired) electrons. The fraction of sp³-hybridized carbons (Fsp3) is 0.581. The second-order valence-electron chi connectivity index (χ2n) is 9.45. The van der Waals surface area contributed by atoms with Gasteiger partial charge in [0.05, 0.1) is 11.7 Å². The van der Waals surface area contributed by atoms with E-state index in [9.17, 15) is 4.79 Å². The Hall–Kier alpha value is -2.13. The molecular weight excluding hydrogens is 420 g/mol. The van der Waals surface area contributed by atoms with Crippen LogP contribution in [0.15, 0.2) is 48.5 Å². The predicted octanol–water partition coefficient (Wildman–Crippen LogP) is 9.25. The number of hydrogen-bond donors (Lipinski definition) is 0. The second-order valence-corrected chi connectivity index (χ2v) is 9.45. The van der Waals surface area contributed by atoms with Gasteiger partial charge < -0.3 is 9.47 Å². The van der Waals surface area contributed by atoms with Gasteiger partial charge in [-0.2, -0.15) is 0 Å². The molecule has 0 aromatic heterocycles. The third-order valence-corrected chi connectivity index (χ3v) is 6.43. The van der Waals surface area contributed by atoms with Crippen LogP contribution in [0.5, 0.6) is 5.75 Å². The summed E-state index contributed by atoms with van der Waals surface area (Å²) in [5, 5.41) is 0. The molecule has 3 nitrogen and oxygen atoms in total. The van der Waals surface area contributed by atoms with E-state index in [-0.39, 0.29) is 12.1 Å². The maximum atomic E-state index is 12.5. The number of unbranched alkanes of at least 4 members (excludes halogenated alkanes) is 10. The molecular formula is C31H46O3. The molecule has 0 spiro atoms. The Kier molecular flexibility index (Phi) is 14.3. The van der Waals surface area contributed by atoms with Gasteiger partial charge >= 0.3 is 5.97 Å². The van der Waals surface area contributed by atoms with Crippen LogP contribution in [-0.2, 0) is 11.2 Å². The molecule has 0 aliphatic rings. The maximum absolute atomic E-state index is 12.5. The highest BCUT2D eigenvalue weighted by molar-refractivity contribution is 5.91. The zero-order valence-corrected chi connectivity index (χ0v) is 21.8. The summed E-state index contributed by atoms with van der Waals surface area (Å²) in [5.74, 6) is 0.245. The smallest absolute Gasteiger partial charge is 0.343 e. The van der Waals surface area contributed by atoms with Gasteiger partial charge in [-0.15, -0.1) is 0 Å². The van der Waals surface area contributed by atoms with Gasteiger partial charge in [0.25, 0.3) is 0 Å². The lowest BCUT2D eigenvalue weighted by atomic mass is 10.0. The van der Waals surface area contributed by atoms with Crippen LogP contribution in [0, 0.1) is 0 Å². The van der Waals surface area contributed by atoms with E-state index in [2.05, 4.69) is 26.0 Å². The van der Waals surface area contributed by atoms with E-state index in [4.69, 9.17) is 9.47 Å². The van der Waals surface area contributed by atoms with Crippen LogP contribution >= 0.6 is 0 Å². The van der Waals surface area contributed by atoms with Crippen molar-refractivity contribution < 1.29 is 14.3 Å². The number of benzene rings is 2. The molecule has 0 saturated heterocycles. The van der Waals surface area contributed by atoms with E-state index in [1.54, 1.807) is 0 Å². The van der Waals surface area contributed by atoms with Gasteiger partial charge in [-0.25, -0.2) is 4.79 Å². The van der Waals surface area contributed by atoms with Crippen LogP contribution in [0.3, 0.4) is 0 Å². The van der Waals surface area contributed by atoms with Crippen molar-refractivity contribution in [3.05, 3.63) is 65.2 Å². The van der Waals surface area contributed by atoms with Crippen molar-refractivity contribution in [3.63, 3.8) is 0 Å². The molecule has 2 aromatic rings. The van der Waals surface area contributed by atoms with Crippen LogP contribution in [0.1, 0.15) is 125 Å². The molecule has 0 N–H and O–H groups in total. The van der Waals surface area contributed by atoms with E-state index in [1.165, 1.54) is 69.8 Å². The first-order valence-electron chi connectivity index (χ1n) is 13.7. The van der Waals surface area contributed by atoms with Gasteiger partial charge in [0.2, 0.25) is 0 Å². The van der Waals surface area contributed by atoms with E-state index < -0.39 is 0 Å². The minimum atomic E-state index is -0.314. The van der Waals surface area contributed by atoms with Crippen molar-refractivity contribution in [2.45, 2.75) is 110 Å². The monoisotopic (exact) mass is 466 g/mol.